The lowest BCUT2D eigenvalue weighted by molar-refractivity contribution is -0.324. The Morgan fingerprint density at radius 1 is 0.430 bits per heavy atom. The van der Waals surface area contributed by atoms with Gasteiger partial charge in [0.25, 0.3) is 0 Å². The van der Waals surface area contributed by atoms with Gasteiger partial charge in [-0.3, -0.25) is 0 Å². The van der Waals surface area contributed by atoms with Crippen LogP contribution >= 0.6 is 0 Å². The standard InChI is InChI=1S/C66H82O12Si/c1-7-8-27-40-69-66-64(62(73-45-55-36-23-13-24-37-55)59(70-42-52-30-17-10-18-31-52)57(77-66)47-68-41-51-28-15-9-16-29-51)78-79(49(2)3,50(4)5)75-48-58-60(71-43-53-32-19-11-20-33-53)61(72-44-54-34-21-12-22-35-54)63(65(67-6)76-58)74-46-56-38-25-14-26-39-56/h7,9-26,28-39,49-50,57-66H,1,8,27,40-48H2,2-6H3/t57-,58-,59-,60-,61+,62+,63-,64+,65+,66+/m1/s1. The Labute approximate surface area is 470 Å². The second-order valence-corrected chi connectivity index (χ2v) is 25.1. The third kappa shape index (κ3) is 17.4. The fraction of sp³-hybridized carbons (Fsp3) is 0.424. The van der Waals surface area contributed by atoms with Crippen molar-refractivity contribution in [3.8, 4) is 0 Å². The molecule has 0 spiro atoms. The molecule has 0 bridgehead atoms. The van der Waals surface area contributed by atoms with Crippen molar-refractivity contribution in [1.82, 2.24) is 0 Å². The van der Waals surface area contributed by atoms with Crippen molar-refractivity contribution in [2.75, 3.05) is 26.9 Å². The molecule has 6 aromatic rings. The molecule has 2 fully saturated rings. The van der Waals surface area contributed by atoms with Gasteiger partial charge < -0.3 is 56.2 Å². The minimum Gasteiger partial charge on any atom is -0.391 e. The van der Waals surface area contributed by atoms with Gasteiger partial charge in [-0.15, -0.1) is 6.58 Å². The first-order valence-corrected chi connectivity index (χ1v) is 30.0. The smallest absolute Gasteiger partial charge is 0.344 e. The van der Waals surface area contributed by atoms with Gasteiger partial charge in [0.15, 0.2) is 12.6 Å². The van der Waals surface area contributed by atoms with E-state index in [4.69, 9.17) is 56.2 Å². The molecule has 6 aromatic carbocycles. The SMILES string of the molecule is C=CCCCO[C@H]1O[C@H](COCc2ccccc2)[C@@H](OCc2ccccc2)[C@H](OCc2ccccc2)[C@@H]1O[Si](OC[C@H]1O[C@H](OC)[C@H](OCc2ccccc2)[C@@H](OCc2ccccc2)[C@@H]1OCc1ccccc1)(C(C)C)C(C)C. The fourth-order valence-electron chi connectivity index (χ4n) is 10.3. The van der Waals surface area contributed by atoms with E-state index in [1.807, 2.05) is 127 Å². The Morgan fingerprint density at radius 2 is 0.785 bits per heavy atom. The van der Waals surface area contributed by atoms with E-state index in [9.17, 15) is 0 Å². The van der Waals surface area contributed by atoms with Crippen molar-refractivity contribution >= 4 is 8.56 Å². The molecular weight excluding hydrogens is 1010 g/mol. The summed E-state index contributed by atoms with van der Waals surface area (Å²) >= 11 is 0. The Kier molecular flexibility index (Phi) is 24.0. The normalized spacial score (nSPS) is 23.5. The predicted octanol–water partition coefficient (Wildman–Crippen LogP) is 12.9. The topological polar surface area (TPSA) is 111 Å². The summed E-state index contributed by atoms with van der Waals surface area (Å²) in [4.78, 5) is 0. The summed E-state index contributed by atoms with van der Waals surface area (Å²) in [7, 11) is -1.85. The molecule has 13 heteroatoms. The molecule has 0 aromatic heterocycles. The summed E-state index contributed by atoms with van der Waals surface area (Å²) in [5, 5.41) is 0. The van der Waals surface area contributed by atoms with Crippen LogP contribution in [-0.2, 0) is 95.9 Å². The van der Waals surface area contributed by atoms with Crippen LogP contribution in [0.1, 0.15) is 73.9 Å². The Balaban J connectivity index is 1.15. The van der Waals surface area contributed by atoms with Gasteiger partial charge in [0, 0.05) is 7.11 Å². The van der Waals surface area contributed by atoms with Crippen LogP contribution in [0.5, 0.6) is 0 Å². The monoisotopic (exact) mass is 1090 g/mol. The summed E-state index contributed by atoms with van der Waals surface area (Å²) in [6.07, 6.45) is -3.89. The highest BCUT2D eigenvalue weighted by atomic mass is 28.4. The molecule has 2 aliphatic rings. The van der Waals surface area contributed by atoms with E-state index >= 15 is 0 Å². The maximum Gasteiger partial charge on any atom is 0.344 e. The van der Waals surface area contributed by atoms with Gasteiger partial charge in [-0.25, -0.2) is 0 Å². The second-order valence-electron chi connectivity index (χ2n) is 20.9. The Bertz CT molecular complexity index is 2570. The fourth-order valence-corrected chi connectivity index (χ4v) is 14.0. The molecule has 0 N–H and O–H groups in total. The van der Waals surface area contributed by atoms with Crippen molar-refractivity contribution in [2.24, 2.45) is 0 Å². The van der Waals surface area contributed by atoms with Crippen LogP contribution in [0, 0.1) is 0 Å². The molecular formula is C66H82O12Si. The number of ether oxygens (including phenoxy) is 10. The van der Waals surface area contributed by atoms with E-state index in [-0.39, 0.29) is 30.9 Å². The van der Waals surface area contributed by atoms with Crippen LogP contribution in [0.15, 0.2) is 195 Å². The average molecular weight is 1100 g/mol. The van der Waals surface area contributed by atoms with Gasteiger partial charge in [-0.1, -0.05) is 216 Å². The molecule has 8 rings (SSSR count). The molecule has 79 heavy (non-hydrogen) atoms. The molecule has 422 valence electrons. The lowest BCUT2D eigenvalue weighted by Gasteiger charge is -2.50. The van der Waals surface area contributed by atoms with E-state index in [0.717, 1.165) is 46.2 Å². The molecule has 2 heterocycles. The third-order valence-electron chi connectivity index (χ3n) is 14.5. The zero-order valence-electron chi connectivity index (χ0n) is 46.7. The first kappa shape index (κ1) is 59.9. The molecule has 0 saturated carbocycles. The first-order chi connectivity index (χ1) is 38.7. The third-order valence-corrected chi connectivity index (χ3v) is 18.9. The quantitative estimate of drug-likeness (QED) is 0.0228. The van der Waals surface area contributed by atoms with Crippen molar-refractivity contribution in [3.05, 3.63) is 228 Å². The van der Waals surface area contributed by atoms with Crippen molar-refractivity contribution in [3.63, 3.8) is 0 Å². The van der Waals surface area contributed by atoms with Crippen LogP contribution in [0.25, 0.3) is 0 Å². The number of methoxy groups -OCH3 is 1. The largest absolute Gasteiger partial charge is 0.391 e. The molecule has 0 unspecified atom stereocenters. The minimum atomic E-state index is -3.49. The number of rotatable bonds is 32. The number of benzene rings is 6. The minimum absolute atomic E-state index is 0.0797. The van der Waals surface area contributed by atoms with Crippen molar-refractivity contribution in [1.29, 1.82) is 0 Å². The van der Waals surface area contributed by atoms with Gasteiger partial charge in [-0.05, 0) is 57.3 Å². The number of allylic oxidation sites excluding steroid dienone is 1. The zero-order valence-corrected chi connectivity index (χ0v) is 47.7. The summed E-state index contributed by atoms with van der Waals surface area (Å²) in [5.41, 5.74) is 5.88. The van der Waals surface area contributed by atoms with Crippen LogP contribution in [0.2, 0.25) is 11.1 Å². The summed E-state index contributed by atoms with van der Waals surface area (Å²) in [6, 6.07) is 60.7. The van der Waals surface area contributed by atoms with E-state index in [2.05, 4.69) is 94.9 Å². The lowest BCUT2D eigenvalue weighted by atomic mass is 9.98. The highest BCUT2D eigenvalue weighted by Crippen LogP contribution is 2.42. The van der Waals surface area contributed by atoms with E-state index in [1.165, 1.54) is 0 Å². The van der Waals surface area contributed by atoms with Gasteiger partial charge in [0.05, 0.1) is 59.5 Å². The van der Waals surface area contributed by atoms with Gasteiger partial charge in [-0.2, -0.15) is 0 Å². The van der Waals surface area contributed by atoms with Crippen LogP contribution in [0.4, 0.5) is 0 Å². The lowest BCUT2D eigenvalue weighted by Crippen LogP contribution is -2.66. The average Bonchev–Trinajstić information content (AvgIpc) is 3.68. The van der Waals surface area contributed by atoms with Gasteiger partial charge in [0.2, 0.25) is 0 Å². The molecule has 2 saturated heterocycles. The van der Waals surface area contributed by atoms with E-state index in [0.29, 0.717) is 39.6 Å². The summed E-state index contributed by atoms with van der Waals surface area (Å²) in [6.45, 7) is 15.2. The van der Waals surface area contributed by atoms with Crippen molar-refractivity contribution < 1.29 is 56.2 Å². The number of hydrogen-bond acceptors (Lipinski definition) is 12. The molecule has 0 amide bonds. The first-order valence-electron chi connectivity index (χ1n) is 28.0. The van der Waals surface area contributed by atoms with Crippen molar-refractivity contribution in [2.45, 2.75) is 153 Å². The highest BCUT2D eigenvalue weighted by Gasteiger charge is 2.57. The maximum atomic E-state index is 7.84. The Morgan fingerprint density at radius 3 is 1.18 bits per heavy atom. The van der Waals surface area contributed by atoms with E-state index in [1.54, 1.807) is 7.11 Å². The zero-order chi connectivity index (χ0) is 55.1. The number of unbranched alkanes of at least 4 members (excludes halogenated alkanes) is 1. The van der Waals surface area contributed by atoms with Crippen LogP contribution in [-0.4, -0.2) is 96.9 Å². The maximum absolute atomic E-state index is 7.84. The molecule has 0 aliphatic carbocycles. The van der Waals surface area contributed by atoms with Gasteiger partial charge >= 0.3 is 8.56 Å². The molecule has 10 atom stereocenters. The molecule has 12 nitrogen and oxygen atoms in total. The molecule has 2 aliphatic heterocycles. The van der Waals surface area contributed by atoms with Gasteiger partial charge in [0.1, 0.15) is 48.8 Å². The van der Waals surface area contributed by atoms with Crippen LogP contribution in [0.3, 0.4) is 0 Å². The Hall–Kier alpha value is -5.20. The van der Waals surface area contributed by atoms with E-state index < -0.39 is 70.0 Å². The predicted molar refractivity (Wildman–Crippen MR) is 308 cm³/mol. The van der Waals surface area contributed by atoms with Crippen LogP contribution < -0.4 is 0 Å². The highest BCUT2D eigenvalue weighted by molar-refractivity contribution is 6.70. The summed E-state index contributed by atoms with van der Waals surface area (Å²) in [5.74, 6) is 0. The number of hydrogen-bond donors (Lipinski definition) is 0. The summed E-state index contributed by atoms with van der Waals surface area (Å²) < 4.78 is 84.1. The molecule has 0 radical (unpaired) electrons. The second kappa shape index (κ2) is 31.7.